The summed E-state index contributed by atoms with van der Waals surface area (Å²) in [6.45, 7) is 4.13. The van der Waals surface area contributed by atoms with Crippen LogP contribution in [-0.4, -0.2) is 21.9 Å². The molecule has 0 fully saturated rings. The fourth-order valence-electron chi connectivity index (χ4n) is 2.40. The Kier molecular flexibility index (Phi) is 4.39. The fourth-order valence-corrected chi connectivity index (χ4v) is 2.40. The molecule has 0 aromatic carbocycles. The van der Waals surface area contributed by atoms with E-state index in [0.29, 0.717) is 0 Å². The third-order valence-corrected chi connectivity index (χ3v) is 3.76. The highest BCUT2D eigenvalue weighted by atomic mass is 16.5. The van der Waals surface area contributed by atoms with Gasteiger partial charge >= 0.3 is 0 Å². The van der Waals surface area contributed by atoms with Crippen molar-refractivity contribution in [1.82, 2.24) is 14.8 Å². The van der Waals surface area contributed by atoms with E-state index in [1.54, 1.807) is 19.5 Å². The van der Waals surface area contributed by atoms with Crippen molar-refractivity contribution >= 4 is 0 Å². The van der Waals surface area contributed by atoms with E-state index >= 15 is 0 Å². The van der Waals surface area contributed by atoms with E-state index in [2.05, 4.69) is 17.0 Å². The molecule has 0 aliphatic heterocycles. The standard InChI is InChI=1S/C15H22N4O/c1-10-14(11(2)19(3)18-10)5-6-15(16)12-7-13(20-4)9-17-8-12/h7-9,15H,5-6,16H2,1-4H3. The number of aromatic nitrogens is 3. The van der Waals surface area contributed by atoms with Crippen molar-refractivity contribution in [3.8, 4) is 5.75 Å². The maximum absolute atomic E-state index is 6.25. The van der Waals surface area contributed by atoms with Gasteiger partial charge in [-0.1, -0.05) is 0 Å². The molecule has 0 aliphatic carbocycles. The molecule has 0 radical (unpaired) electrons. The number of nitrogens with two attached hydrogens (primary N) is 1. The summed E-state index contributed by atoms with van der Waals surface area (Å²) in [5.74, 6) is 0.742. The highest BCUT2D eigenvalue weighted by Gasteiger charge is 2.13. The number of nitrogens with zero attached hydrogens (tertiary/aromatic N) is 3. The summed E-state index contributed by atoms with van der Waals surface area (Å²) >= 11 is 0. The van der Waals surface area contributed by atoms with E-state index in [-0.39, 0.29) is 6.04 Å². The zero-order valence-electron chi connectivity index (χ0n) is 12.6. The molecule has 108 valence electrons. The lowest BCUT2D eigenvalue weighted by atomic mass is 10.00. The van der Waals surface area contributed by atoms with Gasteiger partial charge in [-0.3, -0.25) is 9.67 Å². The van der Waals surface area contributed by atoms with Gasteiger partial charge in [-0.05, 0) is 43.9 Å². The lowest BCUT2D eigenvalue weighted by Crippen LogP contribution is -2.12. The van der Waals surface area contributed by atoms with E-state index in [1.165, 1.54) is 11.3 Å². The summed E-state index contributed by atoms with van der Waals surface area (Å²) in [6, 6.07) is 1.90. The molecule has 2 rings (SSSR count). The summed E-state index contributed by atoms with van der Waals surface area (Å²) in [4.78, 5) is 4.15. The Morgan fingerprint density at radius 1 is 1.35 bits per heavy atom. The van der Waals surface area contributed by atoms with Gasteiger partial charge < -0.3 is 10.5 Å². The molecule has 0 bridgehead atoms. The molecule has 0 amide bonds. The average molecular weight is 274 g/mol. The van der Waals surface area contributed by atoms with Gasteiger partial charge in [0.25, 0.3) is 0 Å². The van der Waals surface area contributed by atoms with Crippen LogP contribution in [0, 0.1) is 13.8 Å². The largest absolute Gasteiger partial charge is 0.495 e. The number of pyridine rings is 1. The molecule has 20 heavy (non-hydrogen) atoms. The zero-order valence-corrected chi connectivity index (χ0v) is 12.6. The normalized spacial score (nSPS) is 12.4. The molecular weight excluding hydrogens is 252 g/mol. The highest BCUT2D eigenvalue weighted by Crippen LogP contribution is 2.22. The second-order valence-electron chi connectivity index (χ2n) is 5.08. The van der Waals surface area contributed by atoms with Gasteiger partial charge in [0.2, 0.25) is 0 Å². The number of hydrogen-bond donors (Lipinski definition) is 1. The van der Waals surface area contributed by atoms with E-state index in [9.17, 15) is 0 Å². The highest BCUT2D eigenvalue weighted by molar-refractivity contribution is 5.27. The smallest absolute Gasteiger partial charge is 0.137 e. The molecule has 0 saturated carbocycles. The molecule has 0 aliphatic rings. The Balaban J connectivity index is 2.06. The predicted molar refractivity (Wildman–Crippen MR) is 78.7 cm³/mol. The minimum absolute atomic E-state index is 0.0448. The Morgan fingerprint density at radius 2 is 2.10 bits per heavy atom. The SMILES string of the molecule is COc1cncc(C(N)CCc2c(C)nn(C)c2C)c1. The number of ether oxygens (including phenoxy) is 1. The maximum Gasteiger partial charge on any atom is 0.137 e. The predicted octanol–water partition coefficient (Wildman–Crippen LogP) is 2.07. The quantitative estimate of drug-likeness (QED) is 0.906. The van der Waals surface area contributed by atoms with E-state index in [4.69, 9.17) is 10.5 Å². The first-order chi connectivity index (χ1) is 9.52. The molecule has 5 heteroatoms. The average Bonchev–Trinajstić information content (AvgIpc) is 2.70. The van der Waals surface area contributed by atoms with Crippen LogP contribution in [0.25, 0.3) is 0 Å². The van der Waals surface area contributed by atoms with Gasteiger partial charge in [0.05, 0.1) is 19.0 Å². The summed E-state index contributed by atoms with van der Waals surface area (Å²) < 4.78 is 7.10. The maximum atomic E-state index is 6.25. The fraction of sp³-hybridized carbons (Fsp3) is 0.467. The van der Waals surface area contributed by atoms with Crippen molar-refractivity contribution < 1.29 is 4.74 Å². The minimum atomic E-state index is -0.0448. The molecule has 2 aromatic rings. The van der Waals surface area contributed by atoms with E-state index < -0.39 is 0 Å². The van der Waals surface area contributed by atoms with Gasteiger partial charge in [-0.25, -0.2) is 0 Å². The van der Waals surface area contributed by atoms with Crippen molar-refractivity contribution in [2.75, 3.05) is 7.11 Å². The molecule has 1 unspecified atom stereocenters. The Hall–Kier alpha value is -1.88. The Morgan fingerprint density at radius 3 is 2.70 bits per heavy atom. The minimum Gasteiger partial charge on any atom is -0.495 e. The topological polar surface area (TPSA) is 66.0 Å². The van der Waals surface area contributed by atoms with Crippen LogP contribution >= 0.6 is 0 Å². The third kappa shape index (κ3) is 2.99. The summed E-state index contributed by atoms with van der Waals surface area (Å²) in [7, 11) is 3.60. The number of hydrogen-bond acceptors (Lipinski definition) is 4. The second kappa shape index (κ2) is 6.05. The summed E-state index contributed by atoms with van der Waals surface area (Å²) in [6.07, 6.45) is 5.27. The van der Waals surface area contributed by atoms with Gasteiger partial charge in [0, 0.05) is 25.0 Å². The van der Waals surface area contributed by atoms with Crippen LogP contribution in [0.2, 0.25) is 0 Å². The first kappa shape index (κ1) is 14.5. The molecule has 2 aromatic heterocycles. The van der Waals surface area contributed by atoms with Crippen LogP contribution in [0.15, 0.2) is 18.5 Å². The van der Waals surface area contributed by atoms with Crippen molar-refractivity contribution in [3.63, 3.8) is 0 Å². The lowest BCUT2D eigenvalue weighted by Gasteiger charge is -2.12. The Labute approximate surface area is 119 Å². The molecule has 5 nitrogen and oxygen atoms in total. The summed E-state index contributed by atoms with van der Waals surface area (Å²) in [5.41, 5.74) is 10.8. The molecule has 1 atom stereocenters. The first-order valence-corrected chi connectivity index (χ1v) is 6.76. The van der Waals surface area contributed by atoms with Crippen LogP contribution in [0.4, 0.5) is 0 Å². The number of aryl methyl sites for hydroxylation is 2. The van der Waals surface area contributed by atoms with E-state index in [0.717, 1.165) is 29.8 Å². The van der Waals surface area contributed by atoms with Crippen LogP contribution < -0.4 is 10.5 Å². The summed E-state index contributed by atoms with van der Waals surface area (Å²) in [5, 5.41) is 4.43. The van der Waals surface area contributed by atoms with Gasteiger partial charge in [-0.2, -0.15) is 5.10 Å². The number of methoxy groups -OCH3 is 1. The molecule has 0 spiro atoms. The molecular formula is C15H22N4O. The van der Waals surface area contributed by atoms with Crippen LogP contribution in [-0.2, 0) is 13.5 Å². The van der Waals surface area contributed by atoms with Crippen LogP contribution in [0.1, 0.15) is 35.0 Å². The van der Waals surface area contributed by atoms with Gasteiger partial charge in [0.15, 0.2) is 0 Å². The first-order valence-electron chi connectivity index (χ1n) is 6.76. The van der Waals surface area contributed by atoms with E-state index in [1.807, 2.05) is 24.7 Å². The van der Waals surface area contributed by atoms with Crippen LogP contribution in [0.3, 0.4) is 0 Å². The van der Waals surface area contributed by atoms with Crippen molar-refractivity contribution in [2.24, 2.45) is 12.8 Å². The van der Waals surface area contributed by atoms with Crippen LogP contribution in [0.5, 0.6) is 5.75 Å². The Bertz CT molecular complexity index is 592. The van der Waals surface area contributed by atoms with Crippen molar-refractivity contribution in [3.05, 3.63) is 41.0 Å². The third-order valence-electron chi connectivity index (χ3n) is 3.76. The number of rotatable bonds is 5. The van der Waals surface area contributed by atoms with Crippen molar-refractivity contribution in [2.45, 2.75) is 32.7 Å². The molecule has 2 N–H and O–H groups in total. The zero-order chi connectivity index (χ0) is 14.7. The van der Waals surface area contributed by atoms with Gasteiger partial charge in [-0.15, -0.1) is 0 Å². The second-order valence-corrected chi connectivity index (χ2v) is 5.08. The molecule has 2 heterocycles. The van der Waals surface area contributed by atoms with Crippen molar-refractivity contribution in [1.29, 1.82) is 0 Å². The van der Waals surface area contributed by atoms with Gasteiger partial charge in [0.1, 0.15) is 5.75 Å². The lowest BCUT2D eigenvalue weighted by molar-refractivity contribution is 0.411. The molecule has 0 saturated heterocycles. The monoisotopic (exact) mass is 274 g/mol.